The summed E-state index contributed by atoms with van der Waals surface area (Å²) >= 11 is 0. The first-order valence-electron chi connectivity index (χ1n) is 6.38. The van der Waals surface area contributed by atoms with Crippen LogP contribution < -0.4 is 5.32 Å². The fraction of sp³-hybridized carbons (Fsp3) is 0.250. The summed E-state index contributed by atoms with van der Waals surface area (Å²) < 4.78 is 12.7. The first-order valence-corrected chi connectivity index (χ1v) is 6.38. The van der Waals surface area contributed by atoms with Crippen molar-refractivity contribution in [3.63, 3.8) is 0 Å². The molecule has 0 spiro atoms. The number of benzene rings is 2. The Balaban J connectivity index is 0.000000250. The highest BCUT2D eigenvalue weighted by Crippen LogP contribution is 2.12. The van der Waals surface area contributed by atoms with Gasteiger partial charge in [-0.05, 0) is 24.2 Å². The van der Waals surface area contributed by atoms with Gasteiger partial charge < -0.3 is 10.4 Å². The maximum absolute atomic E-state index is 12.7. The molecule has 0 fully saturated rings. The minimum atomic E-state index is -0.629. The Hall–Kier alpha value is -1.71. The van der Waals surface area contributed by atoms with Crippen LogP contribution in [0.4, 0.5) is 4.39 Å². The molecule has 0 aromatic heterocycles. The van der Waals surface area contributed by atoms with Gasteiger partial charge in [0.1, 0.15) is 5.82 Å². The van der Waals surface area contributed by atoms with Crippen molar-refractivity contribution >= 4 is 0 Å². The average Bonchev–Trinajstić information content (AvgIpc) is 2.47. The molecule has 0 radical (unpaired) electrons. The predicted molar refractivity (Wildman–Crippen MR) is 76.3 cm³/mol. The van der Waals surface area contributed by atoms with Crippen molar-refractivity contribution in [3.05, 3.63) is 72.0 Å². The number of aliphatic hydroxyl groups excluding tert-OH is 1. The quantitative estimate of drug-likeness (QED) is 0.886. The van der Waals surface area contributed by atoms with Gasteiger partial charge in [0.15, 0.2) is 0 Å². The van der Waals surface area contributed by atoms with Crippen molar-refractivity contribution < 1.29 is 9.50 Å². The second-order valence-corrected chi connectivity index (χ2v) is 4.03. The van der Waals surface area contributed by atoms with Crippen LogP contribution in [-0.2, 0) is 0 Å². The van der Waals surface area contributed by atoms with Gasteiger partial charge in [-0.25, -0.2) is 4.39 Å². The molecule has 0 saturated carbocycles. The van der Waals surface area contributed by atoms with E-state index in [-0.39, 0.29) is 5.82 Å². The van der Waals surface area contributed by atoms with Crippen LogP contribution in [0.25, 0.3) is 0 Å². The molecular formula is C16H20FNO. The van der Waals surface area contributed by atoms with E-state index in [2.05, 4.69) is 5.32 Å². The molecular weight excluding hydrogens is 241 g/mol. The average molecular weight is 261 g/mol. The molecule has 1 atom stereocenters. The maximum Gasteiger partial charge on any atom is 0.123 e. The smallest absolute Gasteiger partial charge is 0.123 e. The number of hydrogen-bond acceptors (Lipinski definition) is 2. The van der Waals surface area contributed by atoms with Gasteiger partial charge in [-0.3, -0.25) is 0 Å². The summed E-state index contributed by atoms with van der Waals surface area (Å²) in [6, 6.07) is 18.0. The van der Waals surface area contributed by atoms with Crippen LogP contribution in [0, 0.1) is 5.82 Å². The van der Waals surface area contributed by atoms with Gasteiger partial charge in [0.2, 0.25) is 0 Å². The van der Waals surface area contributed by atoms with Gasteiger partial charge in [0, 0.05) is 6.54 Å². The van der Waals surface area contributed by atoms with Gasteiger partial charge >= 0.3 is 0 Å². The third-order valence-corrected chi connectivity index (χ3v) is 2.49. The summed E-state index contributed by atoms with van der Waals surface area (Å²) in [5.41, 5.74) is 0.612. The molecule has 0 amide bonds. The van der Waals surface area contributed by atoms with Crippen LogP contribution in [-0.4, -0.2) is 18.2 Å². The van der Waals surface area contributed by atoms with Gasteiger partial charge in [-0.1, -0.05) is 55.5 Å². The Labute approximate surface area is 113 Å². The van der Waals surface area contributed by atoms with E-state index in [1.165, 1.54) is 12.1 Å². The van der Waals surface area contributed by atoms with Crippen LogP contribution in [0.15, 0.2) is 60.7 Å². The van der Waals surface area contributed by atoms with Crippen LogP contribution in [0.2, 0.25) is 0 Å². The van der Waals surface area contributed by atoms with Crippen LogP contribution in [0.1, 0.15) is 18.6 Å². The molecule has 0 heterocycles. The molecule has 0 bridgehead atoms. The zero-order chi connectivity index (χ0) is 13.9. The van der Waals surface area contributed by atoms with E-state index in [0.717, 1.165) is 6.54 Å². The Bertz CT molecular complexity index is 421. The maximum atomic E-state index is 12.7. The lowest BCUT2D eigenvalue weighted by molar-refractivity contribution is 0.175. The summed E-state index contributed by atoms with van der Waals surface area (Å²) in [6.45, 7) is 3.21. The molecule has 2 aromatic carbocycles. The third kappa shape index (κ3) is 6.70. The van der Waals surface area contributed by atoms with Crippen molar-refractivity contribution in [2.75, 3.05) is 13.1 Å². The Morgan fingerprint density at radius 2 is 1.63 bits per heavy atom. The molecule has 0 aliphatic heterocycles. The second kappa shape index (κ2) is 9.25. The Morgan fingerprint density at radius 3 is 2.11 bits per heavy atom. The van der Waals surface area contributed by atoms with Gasteiger partial charge in [0.05, 0.1) is 6.10 Å². The first-order chi connectivity index (χ1) is 9.24. The molecule has 0 unspecified atom stereocenters. The Morgan fingerprint density at radius 1 is 1.05 bits per heavy atom. The fourth-order valence-corrected chi connectivity index (χ4v) is 1.50. The van der Waals surface area contributed by atoms with E-state index >= 15 is 0 Å². The highest BCUT2D eigenvalue weighted by atomic mass is 19.1. The lowest BCUT2D eigenvalue weighted by Crippen LogP contribution is -2.20. The largest absolute Gasteiger partial charge is 0.387 e. The minimum absolute atomic E-state index is 0.312. The van der Waals surface area contributed by atoms with E-state index in [4.69, 9.17) is 0 Å². The molecule has 2 rings (SSSR count). The molecule has 19 heavy (non-hydrogen) atoms. The number of likely N-dealkylation sites (N-methyl/N-ethyl adjacent to an activating group) is 1. The molecule has 102 valence electrons. The molecule has 3 heteroatoms. The standard InChI is InChI=1S/C10H14FNO.C6H6/c1-2-12-7-10(13)8-4-3-5-9(11)6-8;1-2-4-6-5-3-1/h3-6,10,12-13H,2,7H2,1H3;1-6H/t10-;/m1./s1. The number of aliphatic hydroxyl groups is 1. The molecule has 0 aliphatic rings. The normalized spacial score (nSPS) is 11.3. The molecule has 0 saturated heterocycles. The van der Waals surface area contributed by atoms with E-state index in [9.17, 15) is 9.50 Å². The number of hydrogen-bond donors (Lipinski definition) is 2. The lowest BCUT2D eigenvalue weighted by Gasteiger charge is -2.10. The van der Waals surface area contributed by atoms with E-state index in [0.29, 0.717) is 12.1 Å². The fourth-order valence-electron chi connectivity index (χ4n) is 1.50. The minimum Gasteiger partial charge on any atom is -0.387 e. The second-order valence-electron chi connectivity index (χ2n) is 4.03. The molecule has 2 nitrogen and oxygen atoms in total. The molecule has 2 N–H and O–H groups in total. The van der Waals surface area contributed by atoms with E-state index < -0.39 is 6.10 Å². The highest BCUT2D eigenvalue weighted by molar-refractivity contribution is 5.18. The third-order valence-electron chi connectivity index (χ3n) is 2.49. The van der Waals surface area contributed by atoms with Gasteiger partial charge in [0.25, 0.3) is 0 Å². The summed E-state index contributed by atoms with van der Waals surface area (Å²) in [5, 5.41) is 12.5. The first kappa shape index (κ1) is 15.3. The van der Waals surface area contributed by atoms with Crippen molar-refractivity contribution in [2.45, 2.75) is 13.0 Å². The van der Waals surface area contributed by atoms with Crippen LogP contribution in [0.5, 0.6) is 0 Å². The van der Waals surface area contributed by atoms with E-state index in [1.54, 1.807) is 12.1 Å². The summed E-state index contributed by atoms with van der Waals surface area (Å²) in [4.78, 5) is 0. The van der Waals surface area contributed by atoms with Gasteiger partial charge in [-0.15, -0.1) is 0 Å². The predicted octanol–water partition coefficient (Wildman–Crippen LogP) is 3.16. The number of halogens is 1. The summed E-state index contributed by atoms with van der Waals surface area (Å²) in [6.07, 6.45) is -0.629. The Kier molecular flexibility index (Phi) is 7.47. The van der Waals surface area contributed by atoms with Crippen LogP contribution >= 0.6 is 0 Å². The summed E-state index contributed by atoms with van der Waals surface area (Å²) in [7, 11) is 0. The van der Waals surface area contributed by atoms with E-state index in [1.807, 2.05) is 43.3 Å². The van der Waals surface area contributed by atoms with Crippen molar-refractivity contribution in [1.82, 2.24) is 5.32 Å². The van der Waals surface area contributed by atoms with Crippen LogP contribution in [0.3, 0.4) is 0 Å². The highest BCUT2D eigenvalue weighted by Gasteiger charge is 2.06. The molecule has 0 aliphatic carbocycles. The topological polar surface area (TPSA) is 32.3 Å². The monoisotopic (exact) mass is 261 g/mol. The lowest BCUT2D eigenvalue weighted by atomic mass is 10.1. The molecule has 2 aromatic rings. The SMILES string of the molecule is CCNC[C@@H](O)c1cccc(F)c1.c1ccccc1. The van der Waals surface area contributed by atoms with Crippen molar-refractivity contribution in [1.29, 1.82) is 0 Å². The zero-order valence-corrected chi connectivity index (χ0v) is 11.1. The number of rotatable bonds is 4. The summed E-state index contributed by atoms with van der Waals surface area (Å²) in [5.74, 6) is -0.312. The number of nitrogens with one attached hydrogen (secondary N) is 1. The van der Waals surface area contributed by atoms with Crippen molar-refractivity contribution in [3.8, 4) is 0 Å². The zero-order valence-electron chi connectivity index (χ0n) is 11.1. The van der Waals surface area contributed by atoms with Gasteiger partial charge in [-0.2, -0.15) is 0 Å². The van der Waals surface area contributed by atoms with Crippen molar-refractivity contribution in [2.24, 2.45) is 0 Å².